The topological polar surface area (TPSA) is 87.5 Å². The molecule has 6 nitrogen and oxygen atoms in total. The van der Waals surface area contributed by atoms with Gasteiger partial charge in [0.25, 0.3) is 5.91 Å². The van der Waals surface area contributed by atoms with Gasteiger partial charge < -0.3 is 16.5 Å². The first-order valence-corrected chi connectivity index (χ1v) is 7.82. The Kier molecular flexibility index (Phi) is 3.85. The predicted molar refractivity (Wildman–Crippen MR) is 86.7 cm³/mol. The van der Waals surface area contributed by atoms with Crippen molar-refractivity contribution < 1.29 is 9.59 Å². The number of hydrazine groups is 1. The van der Waals surface area contributed by atoms with Crippen LogP contribution in [0.2, 0.25) is 0 Å². The highest BCUT2D eigenvalue weighted by Crippen LogP contribution is 2.46. The van der Waals surface area contributed by atoms with Crippen LogP contribution >= 0.6 is 0 Å². The minimum absolute atomic E-state index is 0.152. The van der Waals surface area contributed by atoms with Crippen molar-refractivity contribution in [1.82, 2.24) is 15.8 Å². The highest BCUT2D eigenvalue weighted by molar-refractivity contribution is 5.97. The molecule has 122 valence electrons. The summed E-state index contributed by atoms with van der Waals surface area (Å²) in [6, 6.07) is 8.08. The second kappa shape index (κ2) is 5.70. The monoisotopic (exact) mass is 314 g/mol. The van der Waals surface area contributed by atoms with Gasteiger partial charge in [-0.2, -0.15) is 5.01 Å². The normalized spacial score (nSPS) is 24.0. The Morgan fingerprint density at radius 1 is 1.43 bits per heavy atom. The molecule has 3 rings (SSSR count). The molecule has 0 aromatic heterocycles. The second-order valence-electron chi connectivity index (χ2n) is 6.29. The fourth-order valence-corrected chi connectivity index (χ4v) is 3.25. The van der Waals surface area contributed by atoms with Gasteiger partial charge in [-0.1, -0.05) is 29.8 Å². The van der Waals surface area contributed by atoms with E-state index in [1.807, 2.05) is 30.1 Å². The summed E-state index contributed by atoms with van der Waals surface area (Å²) in [6.45, 7) is 2.52. The zero-order valence-electron chi connectivity index (χ0n) is 13.4. The van der Waals surface area contributed by atoms with Gasteiger partial charge in [-0.25, -0.2) is 0 Å². The lowest BCUT2D eigenvalue weighted by molar-refractivity contribution is -0.130. The SMILES string of the molecule is CNC(=O)C1=CC(C(N)=O)(C2CC2)N(Cc2cccc(C)c2)N1. The number of carbonyl (C=O) groups excluding carboxylic acids is 2. The third-order valence-corrected chi connectivity index (χ3v) is 4.56. The number of aryl methyl sites for hydroxylation is 1. The molecule has 1 aliphatic heterocycles. The molecule has 1 aromatic rings. The number of nitrogens with zero attached hydrogens (tertiary/aromatic N) is 1. The first-order valence-electron chi connectivity index (χ1n) is 7.82. The maximum absolute atomic E-state index is 12.3. The molecular weight excluding hydrogens is 292 g/mol. The van der Waals surface area contributed by atoms with E-state index in [-0.39, 0.29) is 11.8 Å². The zero-order chi connectivity index (χ0) is 16.6. The number of hydrogen-bond acceptors (Lipinski definition) is 4. The number of nitrogens with one attached hydrogen (secondary N) is 2. The van der Waals surface area contributed by atoms with E-state index in [2.05, 4.69) is 16.8 Å². The Balaban J connectivity index is 1.94. The molecule has 1 atom stereocenters. The van der Waals surface area contributed by atoms with Gasteiger partial charge in [0, 0.05) is 13.6 Å². The lowest BCUT2D eigenvalue weighted by Gasteiger charge is -2.35. The van der Waals surface area contributed by atoms with Gasteiger partial charge in [-0.05, 0) is 37.3 Å². The van der Waals surface area contributed by atoms with Crippen LogP contribution in [0.1, 0.15) is 24.0 Å². The fourth-order valence-electron chi connectivity index (χ4n) is 3.25. The number of primary amides is 1. The molecule has 2 amide bonds. The van der Waals surface area contributed by atoms with Crippen LogP contribution in [0.15, 0.2) is 36.0 Å². The zero-order valence-corrected chi connectivity index (χ0v) is 13.4. The second-order valence-corrected chi connectivity index (χ2v) is 6.29. The van der Waals surface area contributed by atoms with Gasteiger partial charge in [0.05, 0.1) is 0 Å². The maximum atomic E-state index is 12.3. The molecule has 2 aliphatic rings. The first kappa shape index (κ1) is 15.6. The van der Waals surface area contributed by atoms with E-state index in [1.165, 1.54) is 0 Å². The summed E-state index contributed by atoms with van der Waals surface area (Å²) in [5, 5.41) is 4.40. The van der Waals surface area contributed by atoms with Crippen LogP contribution in [0.5, 0.6) is 0 Å². The fraction of sp³-hybridized carbons (Fsp3) is 0.412. The third kappa shape index (κ3) is 2.70. The van der Waals surface area contributed by atoms with Crippen molar-refractivity contribution in [3.63, 3.8) is 0 Å². The van der Waals surface area contributed by atoms with Crippen LogP contribution in [0.3, 0.4) is 0 Å². The number of amides is 2. The minimum Gasteiger partial charge on any atom is -0.368 e. The summed E-state index contributed by atoms with van der Waals surface area (Å²) in [7, 11) is 1.57. The molecule has 1 unspecified atom stereocenters. The van der Waals surface area contributed by atoms with E-state index in [0.717, 1.165) is 24.0 Å². The molecule has 0 saturated heterocycles. The largest absolute Gasteiger partial charge is 0.368 e. The van der Waals surface area contributed by atoms with Gasteiger partial charge in [0.15, 0.2) is 0 Å². The number of rotatable bonds is 5. The van der Waals surface area contributed by atoms with E-state index in [4.69, 9.17) is 5.73 Å². The van der Waals surface area contributed by atoms with Crippen molar-refractivity contribution >= 4 is 11.8 Å². The molecule has 6 heteroatoms. The van der Waals surface area contributed by atoms with Crippen molar-refractivity contribution in [2.24, 2.45) is 11.7 Å². The highest BCUT2D eigenvalue weighted by Gasteiger charge is 2.56. The molecular formula is C17H22N4O2. The summed E-state index contributed by atoms with van der Waals surface area (Å²) in [6.07, 6.45) is 3.57. The van der Waals surface area contributed by atoms with E-state index in [0.29, 0.717) is 12.2 Å². The van der Waals surface area contributed by atoms with Gasteiger partial charge in [0.1, 0.15) is 11.2 Å². The Morgan fingerprint density at radius 3 is 2.74 bits per heavy atom. The quantitative estimate of drug-likeness (QED) is 0.742. The van der Waals surface area contributed by atoms with Crippen LogP contribution in [-0.4, -0.2) is 29.4 Å². The number of nitrogens with two attached hydrogens (primary N) is 1. The van der Waals surface area contributed by atoms with Crippen LogP contribution in [0.4, 0.5) is 0 Å². The lowest BCUT2D eigenvalue weighted by Crippen LogP contribution is -2.58. The van der Waals surface area contributed by atoms with Crippen LogP contribution < -0.4 is 16.5 Å². The van der Waals surface area contributed by atoms with Crippen molar-refractivity contribution in [3.05, 3.63) is 47.2 Å². The Hall–Kier alpha value is -2.34. The van der Waals surface area contributed by atoms with Gasteiger partial charge >= 0.3 is 0 Å². The summed E-state index contributed by atoms with van der Waals surface area (Å²) in [5.41, 5.74) is 10.5. The third-order valence-electron chi connectivity index (χ3n) is 4.56. The summed E-state index contributed by atoms with van der Waals surface area (Å²) in [4.78, 5) is 24.3. The number of carbonyl (C=O) groups is 2. The summed E-state index contributed by atoms with van der Waals surface area (Å²) >= 11 is 0. The van der Waals surface area contributed by atoms with Crippen molar-refractivity contribution in [1.29, 1.82) is 0 Å². The molecule has 4 N–H and O–H groups in total. The van der Waals surface area contributed by atoms with E-state index in [1.54, 1.807) is 13.1 Å². The molecule has 0 bridgehead atoms. The standard InChI is InChI=1S/C17H22N4O2/c1-11-4-3-5-12(8-11)10-21-17(16(18)23,13-6-7-13)9-14(20-21)15(22)19-2/h3-5,8-9,13,20H,6-7,10H2,1-2H3,(H2,18,23)(H,19,22). The van der Waals surface area contributed by atoms with E-state index >= 15 is 0 Å². The molecule has 1 aliphatic carbocycles. The number of likely N-dealkylation sites (N-methyl/N-ethyl adjacent to an activating group) is 1. The lowest BCUT2D eigenvalue weighted by atomic mass is 9.91. The molecule has 1 fully saturated rings. The van der Waals surface area contributed by atoms with E-state index < -0.39 is 11.4 Å². The first-order chi connectivity index (χ1) is 11.0. The molecule has 0 radical (unpaired) electrons. The Morgan fingerprint density at radius 2 is 2.17 bits per heavy atom. The summed E-state index contributed by atoms with van der Waals surface area (Å²) in [5.74, 6) is -0.512. The molecule has 1 saturated carbocycles. The van der Waals surface area contributed by atoms with E-state index in [9.17, 15) is 9.59 Å². The van der Waals surface area contributed by atoms with Crippen LogP contribution in [0, 0.1) is 12.8 Å². The average Bonchev–Trinajstić information content (AvgIpc) is 3.29. The minimum atomic E-state index is -0.939. The molecule has 0 spiro atoms. The van der Waals surface area contributed by atoms with Crippen LogP contribution in [-0.2, 0) is 16.1 Å². The maximum Gasteiger partial charge on any atom is 0.268 e. The molecule has 1 heterocycles. The summed E-state index contributed by atoms with van der Waals surface area (Å²) < 4.78 is 0. The van der Waals surface area contributed by atoms with Gasteiger partial charge in [-0.3, -0.25) is 9.59 Å². The molecule has 1 aromatic carbocycles. The van der Waals surface area contributed by atoms with Crippen molar-refractivity contribution in [3.8, 4) is 0 Å². The van der Waals surface area contributed by atoms with Crippen molar-refractivity contribution in [2.45, 2.75) is 31.8 Å². The van der Waals surface area contributed by atoms with Crippen LogP contribution in [0.25, 0.3) is 0 Å². The van der Waals surface area contributed by atoms with Crippen molar-refractivity contribution in [2.75, 3.05) is 7.05 Å². The average molecular weight is 314 g/mol. The van der Waals surface area contributed by atoms with Gasteiger partial charge in [0.2, 0.25) is 5.91 Å². The number of benzene rings is 1. The predicted octanol–water partition coefficient (Wildman–Crippen LogP) is 0.579. The van der Waals surface area contributed by atoms with Gasteiger partial charge in [-0.15, -0.1) is 0 Å². The molecule has 23 heavy (non-hydrogen) atoms. The highest BCUT2D eigenvalue weighted by atomic mass is 16.2. The number of hydrogen-bond donors (Lipinski definition) is 3. The smallest absolute Gasteiger partial charge is 0.268 e. The Labute approximate surface area is 135 Å². The Bertz CT molecular complexity index is 681.